The predicted octanol–water partition coefficient (Wildman–Crippen LogP) is 3.05. The molecule has 1 aliphatic heterocycles. The first kappa shape index (κ1) is 11.5. The molecule has 0 aromatic rings. The lowest BCUT2D eigenvalue weighted by Gasteiger charge is -2.15. The van der Waals surface area contributed by atoms with E-state index in [1.807, 2.05) is 0 Å². The van der Waals surface area contributed by atoms with Gasteiger partial charge in [0.05, 0.1) is 11.8 Å². The van der Waals surface area contributed by atoms with Crippen molar-refractivity contribution in [2.75, 3.05) is 0 Å². The van der Waals surface area contributed by atoms with Gasteiger partial charge in [-0.2, -0.15) is 18.3 Å². The molecule has 0 bridgehead atoms. The van der Waals surface area contributed by atoms with E-state index in [2.05, 4.69) is 10.2 Å². The van der Waals surface area contributed by atoms with E-state index < -0.39 is 12.1 Å². The molecule has 0 unspecified atom stereocenters. The van der Waals surface area contributed by atoms with Gasteiger partial charge in [-0.3, -0.25) is 4.79 Å². The molecule has 0 spiro atoms. The summed E-state index contributed by atoms with van der Waals surface area (Å²) in [5, 5.41) is 7.22. The summed E-state index contributed by atoms with van der Waals surface area (Å²) in [6.45, 7) is 0. The minimum atomic E-state index is -4.37. The van der Waals surface area contributed by atoms with Crippen LogP contribution in [0.25, 0.3) is 0 Å². The summed E-state index contributed by atoms with van der Waals surface area (Å²) < 4.78 is 37.0. The van der Waals surface area contributed by atoms with Crippen LogP contribution in [0, 0.1) is 5.92 Å². The van der Waals surface area contributed by atoms with Crippen LogP contribution in [-0.2, 0) is 4.79 Å². The Morgan fingerprint density at radius 2 is 1.76 bits per heavy atom. The topological polar surface area (TPSA) is 41.8 Å². The van der Waals surface area contributed by atoms with Gasteiger partial charge in [-0.15, -0.1) is 5.11 Å². The molecular formula is C11H6F3N2O. The summed E-state index contributed by atoms with van der Waals surface area (Å²) in [7, 11) is 0. The van der Waals surface area contributed by atoms with Gasteiger partial charge in [0.1, 0.15) is 11.6 Å². The molecule has 0 saturated carbocycles. The SMILES string of the molecule is O=CC1=CN=NC1=C1C=C[C](C(F)(F)F)C=C1. The van der Waals surface area contributed by atoms with Gasteiger partial charge in [0.2, 0.25) is 0 Å². The van der Waals surface area contributed by atoms with Crippen molar-refractivity contribution in [2.45, 2.75) is 6.18 Å². The molecule has 2 aliphatic rings. The van der Waals surface area contributed by atoms with Crippen LogP contribution in [-0.4, -0.2) is 12.5 Å². The lowest BCUT2D eigenvalue weighted by molar-refractivity contribution is -0.105. The Hall–Kier alpha value is -1.98. The second-order valence-electron chi connectivity index (χ2n) is 3.34. The minimum absolute atomic E-state index is 0.254. The number of hydrogen-bond acceptors (Lipinski definition) is 3. The van der Waals surface area contributed by atoms with E-state index in [0.29, 0.717) is 11.9 Å². The number of nitrogens with zero attached hydrogens (tertiary/aromatic N) is 2. The summed E-state index contributed by atoms with van der Waals surface area (Å²) >= 11 is 0. The van der Waals surface area contributed by atoms with Gasteiger partial charge in [-0.25, -0.2) is 0 Å². The number of carbonyl (C=O) groups is 1. The molecule has 0 N–H and O–H groups in total. The Morgan fingerprint density at radius 3 is 2.29 bits per heavy atom. The number of azo groups is 1. The third-order valence-electron chi connectivity index (χ3n) is 2.24. The molecule has 0 amide bonds. The van der Waals surface area contributed by atoms with Crippen LogP contribution in [0.15, 0.2) is 57.6 Å². The Morgan fingerprint density at radius 1 is 1.12 bits per heavy atom. The van der Waals surface area contributed by atoms with Crippen LogP contribution >= 0.6 is 0 Å². The fourth-order valence-electron chi connectivity index (χ4n) is 1.40. The highest BCUT2D eigenvalue weighted by Gasteiger charge is 2.37. The van der Waals surface area contributed by atoms with Crippen molar-refractivity contribution in [3.63, 3.8) is 0 Å². The van der Waals surface area contributed by atoms with E-state index in [-0.39, 0.29) is 11.3 Å². The maximum absolute atomic E-state index is 12.3. The Labute approximate surface area is 94.7 Å². The number of rotatable bonds is 1. The summed E-state index contributed by atoms with van der Waals surface area (Å²) in [5.41, 5.74) is 0.969. The fraction of sp³-hybridized carbons (Fsp3) is 0.0909. The van der Waals surface area contributed by atoms with Crippen molar-refractivity contribution >= 4 is 6.29 Å². The molecular weight excluding hydrogens is 233 g/mol. The Kier molecular flexibility index (Phi) is 2.79. The molecule has 0 fully saturated rings. The van der Waals surface area contributed by atoms with E-state index in [9.17, 15) is 18.0 Å². The highest BCUT2D eigenvalue weighted by Crippen LogP contribution is 2.34. The zero-order valence-electron chi connectivity index (χ0n) is 8.40. The van der Waals surface area contributed by atoms with Crippen molar-refractivity contribution in [2.24, 2.45) is 10.2 Å². The average Bonchev–Trinajstić information content (AvgIpc) is 2.76. The highest BCUT2D eigenvalue weighted by atomic mass is 19.4. The molecule has 1 heterocycles. The molecule has 3 nitrogen and oxygen atoms in total. The molecule has 1 radical (unpaired) electrons. The van der Waals surface area contributed by atoms with Crippen molar-refractivity contribution in [3.8, 4) is 0 Å². The summed E-state index contributed by atoms with van der Waals surface area (Å²) in [5.74, 6) is -0.742. The molecule has 17 heavy (non-hydrogen) atoms. The van der Waals surface area contributed by atoms with Crippen molar-refractivity contribution < 1.29 is 18.0 Å². The third-order valence-corrected chi connectivity index (χ3v) is 2.24. The summed E-state index contributed by atoms with van der Waals surface area (Å²) in [6, 6.07) is 0. The molecule has 0 aromatic heterocycles. The van der Waals surface area contributed by atoms with E-state index in [1.54, 1.807) is 0 Å². The first-order valence-electron chi connectivity index (χ1n) is 4.63. The van der Waals surface area contributed by atoms with Crippen LogP contribution in [0.3, 0.4) is 0 Å². The largest absolute Gasteiger partial charge is 0.402 e. The first-order valence-corrected chi connectivity index (χ1v) is 4.63. The van der Waals surface area contributed by atoms with Crippen LogP contribution in [0.4, 0.5) is 13.2 Å². The number of aldehydes is 1. The van der Waals surface area contributed by atoms with Crippen LogP contribution in [0.5, 0.6) is 0 Å². The zero-order chi connectivity index (χ0) is 12.5. The van der Waals surface area contributed by atoms with Crippen molar-refractivity contribution in [3.05, 3.63) is 53.3 Å². The Bertz CT molecular complexity index is 479. The highest BCUT2D eigenvalue weighted by molar-refractivity contribution is 5.82. The first-order chi connectivity index (χ1) is 8.02. The monoisotopic (exact) mass is 239 g/mol. The Balaban J connectivity index is 2.28. The van der Waals surface area contributed by atoms with Crippen LogP contribution in [0.1, 0.15) is 0 Å². The summed E-state index contributed by atoms with van der Waals surface area (Å²) in [6.07, 6.45) is 1.87. The van der Waals surface area contributed by atoms with E-state index in [0.717, 1.165) is 12.2 Å². The number of hydrogen-bond donors (Lipinski definition) is 0. The standard InChI is InChI=1S/C11H6F3N2O/c12-11(13,14)9-3-1-7(2-4-9)10-8(6-17)5-15-16-10/h1-6H. The van der Waals surface area contributed by atoms with Gasteiger partial charge < -0.3 is 0 Å². The lowest BCUT2D eigenvalue weighted by atomic mass is 9.97. The number of allylic oxidation sites excluding steroid dienone is 6. The van der Waals surface area contributed by atoms with E-state index in [1.165, 1.54) is 18.4 Å². The van der Waals surface area contributed by atoms with E-state index >= 15 is 0 Å². The van der Waals surface area contributed by atoms with Crippen molar-refractivity contribution in [1.82, 2.24) is 0 Å². The molecule has 0 saturated heterocycles. The minimum Gasteiger partial charge on any atom is -0.298 e. The molecule has 1 aliphatic carbocycles. The quantitative estimate of drug-likeness (QED) is 0.648. The molecule has 0 aromatic carbocycles. The molecule has 0 atom stereocenters. The van der Waals surface area contributed by atoms with Gasteiger partial charge in [0.25, 0.3) is 0 Å². The van der Waals surface area contributed by atoms with Gasteiger partial charge in [0, 0.05) is 5.57 Å². The van der Waals surface area contributed by atoms with Gasteiger partial charge >= 0.3 is 6.18 Å². The summed E-state index contributed by atoms with van der Waals surface area (Å²) in [4.78, 5) is 10.6. The number of halogens is 3. The van der Waals surface area contributed by atoms with Gasteiger partial charge in [-0.05, 0) is 0 Å². The maximum atomic E-state index is 12.3. The van der Waals surface area contributed by atoms with Gasteiger partial charge in [0.15, 0.2) is 6.29 Å². The average molecular weight is 239 g/mol. The van der Waals surface area contributed by atoms with E-state index in [4.69, 9.17) is 0 Å². The zero-order valence-corrected chi connectivity index (χ0v) is 8.40. The second-order valence-corrected chi connectivity index (χ2v) is 3.34. The smallest absolute Gasteiger partial charge is 0.298 e. The van der Waals surface area contributed by atoms with Gasteiger partial charge in [-0.1, -0.05) is 24.3 Å². The van der Waals surface area contributed by atoms with Crippen LogP contribution < -0.4 is 0 Å². The van der Waals surface area contributed by atoms with Crippen molar-refractivity contribution in [1.29, 1.82) is 0 Å². The van der Waals surface area contributed by atoms with Crippen LogP contribution in [0.2, 0.25) is 0 Å². The fourth-order valence-corrected chi connectivity index (χ4v) is 1.40. The second kappa shape index (κ2) is 4.12. The maximum Gasteiger partial charge on any atom is 0.402 e. The molecule has 87 valence electrons. The molecule has 2 rings (SSSR count). The number of carbonyl (C=O) groups excluding carboxylic acids is 1. The molecule has 6 heteroatoms. The number of alkyl halides is 3. The predicted molar refractivity (Wildman–Crippen MR) is 53.6 cm³/mol. The third kappa shape index (κ3) is 2.25. The lowest BCUT2D eigenvalue weighted by Crippen LogP contribution is -2.17. The normalized spacial score (nSPS) is 20.1.